The number of carbonyl (C=O) groups excluding carboxylic acids is 2. The van der Waals surface area contributed by atoms with Crippen molar-refractivity contribution in [3.05, 3.63) is 59.7 Å². The van der Waals surface area contributed by atoms with Gasteiger partial charge in [0.1, 0.15) is 6.61 Å². The van der Waals surface area contributed by atoms with Crippen LogP contribution >= 0.6 is 0 Å². The van der Waals surface area contributed by atoms with E-state index < -0.39 is 42.1 Å². The molecule has 4 rings (SSSR count). The van der Waals surface area contributed by atoms with Gasteiger partial charge in [0, 0.05) is 12.0 Å². The van der Waals surface area contributed by atoms with Gasteiger partial charge in [-0.05, 0) is 35.1 Å². The number of hydrogen-bond acceptors (Lipinski definition) is 4. The Morgan fingerprint density at radius 1 is 0.971 bits per heavy atom. The number of carbonyl (C=O) groups is 3. The van der Waals surface area contributed by atoms with Gasteiger partial charge in [0.15, 0.2) is 0 Å². The number of carboxylic acids is 1. The molecule has 3 N–H and O–H groups in total. The van der Waals surface area contributed by atoms with Crippen LogP contribution < -0.4 is 10.6 Å². The highest BCUT2D eigenvalue weighted by Gasteiger charge is 2.47. The summed E-state index contributed by atoms with van der Waals surface area (Å²) in [4.78, 5) is 36.1. The molecule has 1 saturated carbocycles. The fraction of sp³-hybridized carbons (Fsp3) is 0.400. The summed E-state index contributed by atoms with van der Waals surface area (Å²) >= 11 is 0. The highest BCUT2D eigenvalue weighted by atomic mass is 19.4. The van der Waals surface area contributed by atoms with Crippen LogP contribution in [0.15, 0.2) is 48.5 Å². The zero-order valence-electron chi connectivity index (χ0n) is 18.7. The average Bonchev–Trinajstić information content (AvgIpc) is 3.14. The molecule has 1 unspecified atom stereocenters. The molecule has 1 fully saturated rings. The first-order chi connectivity index (χ1) is 16.7. The summed E-state index contributed by atoms with van der Waals surface area (Å²) in [5.74, 6) is -4.41. The summed E-state index contributed by atoms with van der Waals surface area (Å²) in [5, 5.41) is 13.0. The highest BCUT2D eigenvalue weighted by Crippen LogP contribution is 2.44. The van der Waals surface area contributed by atoms with E-state index in [0.717, 1.165) is 22.3 Å². The van der Waals surface area contributed by atoms with E-state index in [4.69, 9.17) is 9.84 Å². The van der Waals surface area contributed by atoms with Crippen molar-refractivity contribution in [2.75, 3.05) is 6.61 Å². The SMILES string of the molecule is O=C(N[C@H]1CCCC[C@H]1C(=O)NC(C(=O)O)C(F)(F)F)OCC1c2ccccc2-c2ccccc21. The van der Waals surface area contributed by atoms with Crippen LogP contribution in [-0.4, -0.2) is 47.9 Å². The van der Waals surface area contributed by atoms with Gasteiger partial charge in [0.2, 0.25) is 11.9 Å². The van der Waals surface area contributed by atoms with Gasteiger partial charge >= 0.3 is 18.2 Å². The van der Waals surface area contributed by atoms with Crippen molar-refractivity contribution in [3.8, 4) is 11.1 Å². The minimum atomic E-state index is -5.13. The molecule has 0 bridgehead atoms. The summed E-state index contributed by atoms with van der Waals surface area (Å²) in [6.07, 6.45) is -4.07. The van der Waals surface area contributed by atoms with Crippen LogP contribution in [0.1, 0.15) is 42.7 Å². The molecule has 0 aromatic heterocycles. The number of rotatable bonds is 6. The summed E-state index contributed by atoms with van der Waals surface area (Å²) in [5.41, 5.74) is 4.20. The molecule has 0 radical (unpaired) electrons. The fourth-order valence-electron chi connectivity index (χ4n) is 4.94. The standard InChI is InChI=1S/C25H25F3N2O5/c26-25(27,28)21(23(32)33)30-22(31)18-11-5-6-12-20(18)29-24(34)35-13-19-16-9-3-1-7-14(16)15-8-2-4-10-17(15)19/h1-4,7-10,18-21H,5-6,11-13H2,(H,29,34)(H,30,31)(H,32,33)/t18-,20+,21?/m1/s1. The molecule has 2 aliphatic rings. The number of aliphatic carboxylic acids is 1. The summed E-state index contributed by atoms with van der Waals surface area (Å²) in [6.45, 7) is 0.0542. The van der Waals surface area contributed by atoms with E-state index in [2.05, 4.69) is 5.32 Å². The molecule has 0 saturated heterocycles. The lowest BCUT2D eigenvalue weighted by atomic mass is 9.83. The number of amides is 2. The van der Waals surface area contributed by atoms with Crippen molar-refractivity contribution in [3.63, 3.8) is 0 Å². The largest absolute Gasteiger partial charge is 0.479 e. The Morgan fingerprint density at radius 3 is 2.11 bits per heavy atom. The van der Waals surface area contributed by atoms with E-state index >= 15 is 0 Å². The van der Waals surface area contributed by atoms with Gasteiger partial charge in [-0.1, -0.05) is 61.4 Å². The van der Waals surface area contributed by atoms with E-state index in [0.29, 0.717) is 19.3 Å². The van der Waals surface area contributed by atoms with E-state index in [1.807, 2.05) is 48.5 Å². The second kappa shape index (κ2) is 9.97. The lowest BCUT2D eigenvalue weighted by molar-refractivity contribution is -0.182. The molecule has 10 heteroatoms. The third-order valence-electron chi connectivity index (χ3n) is 6.61. The number of alkyl carbamates (subject to hydrolysis) is 1. The zero-order valence-corrected chi connectivity index (χ0v) is 18.7. The predicted octanol–water partition coefficient (Wildman–Crippen LogP) is 4.22. The van der Waals surface area contributed by atoms with Gasteiger partial charge in [0.05, 0.1) is 5.92 Å². The smallest absolute Gasteiger partial charge is 0.419 e. The van der Waals surface area contributed by atoms with Crippen molar-refractivity contribution in [2.45, 2.75) is 49.9 Å². The number of halogens is 3. The Balaban J connectivity index is 1.40. The number of ether oxygens (including phenoxy) is 1. The fourth-order valence-corrected chi connectivity index (χ4v) is 4.94. The van der Waals surface area contributed by atoms with Gasteiger partial charge in [-0.25, -0.2) is 9.59 Å². The van der Waals surface area contributed by atoms with Crippen molar-refractivity contribution in [1.82, 2.24) is 10.6 Å². The van der Waals surface area contributed by atoms with Gasteiger partial charge in [-0.15, -0.1) is 0 Å². The average molecular weight is 490 g/mol. The summed E-state index contributed by atoms with van der Waals surface area (Å²) < 4.78 is 44.4. The Bertz CT molecular complexity index is 1070. The first-order valence-corrected chi connectivity index (χ1v) is 11.4. The number of benzene rings is 2. The highest BCUT2D eigenvalue weighted by molar-refractivity contribution is 5.86. The molecule has 3 atom stereocenters. The second-order valence-corrected chi connectivity index (χ2v) is 8.79. The van der Waals surface area contributed by atoms with Gasteiger partial charge in [0.25, 0.3) is 0 Å². The first kappa shape index (κ1) is 24.6. The molecule has 2 aliphatic carbocycles. The monoisotopic (exact) mass is 490 g/mol. The topological polar surface area (TPSA) is 105 Å². The molecule has 2 aromatic rings. The number of fused-ring (bicyclic) bond motifs is 3. The molecule has 2 aromatic carbocycles. The second-order valence-electron chi connectivity index (χ2n) is 8.79. The maximum atomic E-state index is 13.0. The number of nitrogens with one attached hydrogen (secondary N) is 2. The predicted molar refractivity (Wildman–Crippen MR) is 120 cm³/mol. The van der Waals surface area contributed by atoms with Crippen molar-refractivity contribution >= 4 is 18.0 Å². The Labute approximate surface area is 199 Å². The lowest BCUT2D eigenvalue weighted by Gasteiger charge is -2.32. The van der Waals surface area contributed by atoms with Gasteiger partial charge in [-0.3, -0.25) is 4.79 Å². The number of hydrogen-bond donors (Lipinski definition) is 3. The number of alkyl halides is 3. The molecule has 186 valence electrons. The first-order valence-electron chi connectivity index (χ1n) is 11.4. The van der Waals surface area contributed by atoms with Crippen LogP contribution in [0, 0.1) is 5.92 Å². The van der Waals surface area contributed by atoms with Crippen molar-refractivity contribution in [1.29, 1.82) is 0 Å². The van der Waals surface area contributed by atoms with E-state index in [9.17, 15) is 27.6 Å². The minimum absolute atomic E-state index is 0.0542. The third-order valence-corrected chi connectivity index (χ3v) is 6.61. The molecule has 0 aliphatic heterocycles. The normalized spacial score (nSPS) is 20.3. The van der Waals surface area contributed by atoms with Gasteiger partial charge < -0.3 is 20.5 Å². The molecule has 0 spiro atoms. The minimum Gasteiger partial charge on any atom is -0.479 e. The van der Waals surface area contributed by atoms with Crippen LogP contribution in [-0.2, 0) is 14.3 Å². The quantitative estimate of drug-likeness (QED) is 0.563. The molecule has 2 amide bonds. The van der Waals surface area contributed by atoms with E-state index in [-0.39, 0.29) is 18.9 Å². The molecule has 35 heavy (non-hydrogen) atoms. The lowest BCUT2D eigenvalue weighted by Crippen LogP contribution is -2.55. The molecule has 0 heterocycles. The van der Waals surface area contributed by atoms with Gasteiger partial charge in [-0.2, -0.15) is 13.2 Å². The third kappa shape index (κ3) is 5.26. The maximum absolute atomic E-state index is 13.0. The zero-order chi connectivity index (χ0) is 25.2. The van der Waals surface area contributed by atoms with Crippen LogP contribution in [0.25, 0.3) is 11.1 Å². The summed E-state index contributed by atoms with van der Waals surface area (Å²) in [6, 6.07) is 11.9. The Kier molecular flexibility index (Phi) is 7.00. The van der Waals surface area contributed by atoms with E-state index in [1.54, 1.807) is 5.32 Å². The molecular formula is C25H25F3N2O5. The number of carboxylic acid groups (broad SMARTS) is 1. The Hall–Kier alpha value is -3.56. The Morgan fingerprint density at radius 2 is 1.54 bits per heavy atom. The van der Waals surface area contributed by atoms with Crippen LogP contribution in [0.5, 0.6) is 0 Å². The van der Waals surface area contributed by atoms with E-state index in [1.165, 1.54) is 0 Å². The van der Waals surface area contributed by atoms with Crippen molar-refractivity contribution < 1.29 is 37.4 Å². The van der Waals surface area contributed by atoms with Crippen molar-refractivity contribution in [2.24, 2.45) is 5.92 Å². The van der Waals surface area contributed by atoms with Crippen LogP contribution in [0.3, 0.4) is 0 Å². The van der Waals surface area contributed by atoms with Crippen LogP contribution in [0.4, 0.5) is 18.0 Å². The molecule has 7 nitrogen and oxygen atoms in total. The maximum Gasteiger partial charge on any atom is 0.419 e. The van der Waals surface area contributed by atoms with Crippen LogP contribution in [0.2, 0.25) is 0 Å². The molecular weight excluding hydrogens is 465 g/mol. The summed E-state index contributed by atoms with van der Waals surface area (Å²) in [7, 11) is 0.